The van der Waals surface area contributed by atoms with Crippen LogP contribution in [0.2, 0.25) is 0 Å². The van der Waals surface area contributed by atoms with Crippen LogP contribution in [0.3, 0.4) is 0 Å². The summed E-state index contributed by atoms with van der Waals surface area (Å²) in [6, 6.07) is 9.26. The van der Waals surface area contributed by atoms with Crippen molar-refractivity contribution >= 4 is 17.5 Å². The van der Waals surface area contributed by atoms with Gasteiger partial charge in [-0.1, -0.05) is 12.1 Å². The van der Waals surface area contributed by atoms with E-state index < -0.39 is 0 Å². The number of amides is 2. The number of anilines is 1. The molecule has 154 valence electrons. The first-order valence-electron chi connectivity index (χ1n) is 9.93. The molecule has 2 amide bonds. The molecule has 3 rings (SSSR count). The van der Waals surface area contributed by atoms with Gasteiger partial charge in [-0.3, -0.25) is 14.6 Å². The molecule has 7 nitrogen and oxygen atoms in total. The van der Waals surface area contributed by atoms with Gasteiger partial charge in [-0.05, 0) is 43.7 Å². The average Bonchev–Trinajstić information content (AvgIpc) is 2.98. The summed E-state index contributed by atoms with van der Waals surface area (Å²) in [5.41, 5.74) is 2.26. The second-order valence-electron chi connectivity index (χ2n) is 7.18. The van der Waals surface area contributed by atoms with Crippen LogP contribution < -0.4 is 10.1 Å². The Morgan fingerprint density at radius 3 is 2.76 bits per heavy atom. The summed E-state index contributed by atoms with van der Waals surface area (Å²) in [6.45, 7) is 5.56. The van der Waals surface area contributed by atoms with E-state index in [4.69, 9.17) is 4.74 Å². The maximum atomic E-state index is 13.1. The largest absolute Gasteiger partial charge is 0.496 e. The Hall–Kier alpha value is -2.93. The number of rotatable bonds is 6. The van der Waals surface area contributed by atoms with Gasteiger partial charge in [-0.2, -0.15) is 0 Å². The van der Waals surface area contributed by atoms with Crippen LogP contribution in [0.25, 0.3) is 0 Å². The summed E-state index contributed by atoms with van der Waals surface area (Å²) in [6.07, 6.45) is 4.60. The third-order valence-electron chi connectivity index (χ3n) is 5.14. The smallest absolute Gasteiger partial charge is 0.257 e. The van der Waals surface area contributed by atoms with Crippen molar-refractivity contribution in [2.75, 3.05) is 45.2 Å². The molecule has 1 saturated heterocycles. The van der Waals surface area contributed by atoms with Gasteiger partial charge in [0.25, 0.3) is 5.91 Å². The summed E-state index contributed by atoms with van der Waals surface area (Å²) in [7, 11) is 1.59. The zero-order chi connectivity index (χ0) is 20.6. The van der Waals surface area contributed by atoms with Crippen molar-refractivity contribution in [3.05, 3.63) is 53.9 Å². The number of carbonyl (C=O) groups is 2. The van der Waals surface area contributed by atoms with Gasteiger partial charge in [-0.25, -0.2) is 0 Å². The van der Waals surface area contributed by atoms with E-state index in [0.717, 1.165) is 25.1 Å². The van der Waals surface area contributed by atoms with E-state index in [2.05, 4.69) is 15.2 Å². The molecule has 1 aliphatic heterocycles. The summed E-state index contributed by atoms with van der Waals surface area (Å²) in [4.78, 5) is 33.4. The highest BCUT2D eigenvalue weighted by Crippen LogP contribution is 2.24. The molecule has 0 unspecified atom stereocenters. The van der Waals surface area contributed by atoms with Crippen molar-refractivity contribution in [2.24, 2.45) is 0 Å². The Kier molecular flexibility index (Phi) is 7.19. The topological polar surface area (TPSA) is 74.8 Å². The van der Waals surface area contributed by atoms with Crippen LogP contribution in [0.5, 0.6) is 5.75 Å². The Morgan fingerprint density at radius 1 is 1.14 bits per heavy atom. The first kappa shape index (κ1) is 20.8. The predicted molar refractivity (Wildman–Crippen MR) is 112 cm³/mol. The van der Waals surface area contributed by atoms with E-state index in [-0.39, 0.29) is 11.8 Å². The number of hydrogen-bond acceptors (Lipinski definition) is 5. The van der Waals surface area contributed by atoms with E-state index in [0.29, 0.717) is 43.1 Å². The van der Waals surface area contributed by atoms with E-state index in [1.165, 1.54) is 0 Å². The highest BCUT2D eigenvalue weighted by Gasteiger charge is 2.24. The first-order valence-corrected chi connectivity index (χ1v) is 9.93. The van der Waals surface area contributed by atoms with Crippen LogP contribution in [-0.2, 0) is 4.79 Å². The third-order valence-corrected chi connectivity index (χ3v) is 5.14. The molecule has 0 atom stereocenters. The van der Waals surface area contributed by atoms with Crippen LogP contribution in [0.4, 0.5) is 5.69 Å². The highest BCUT2D eigenvalue weighted by molar-refractivity contribution is 5.98. The van der Waals surface area contributed by atoms with Crippen molar-refractivity contribution in [3.63, 3.8) is 0 Å². The molecule has 0 saturated carbocycles. The zero-order valence-corrected chi connectivity index (χ0v) is 17.1. The second-order valence-corrected chi connectivity index (χ2v) is 7.18. The lowest BCUT2D eigenvalue weighted by Gasteiger charge is -2.23. The molecule has 0 spiro atoms. The Balaban J connectivity index is 1.53. The molecule has 29 heavy (non-hydrogen) atoms. The number of methoxy groups -OCH3 is 1. The predicted octanol–water partition coefficient (Wildman–Crippen LogP) is 2.58. The molecule has 1 N–H and O–H groups in total. The van der Waals surface area contributed by atoms with Crippen LogP contribution in [-0.4, -0.2) is 66.4 Å². The van der Waals surface area contributed by atoms with Crippen molar-refractivity contribution < 1.29 is 14.3 Å². The minimum absolute atomic E-state index is 0.0103. The Bertz CT molecular complexity index is 841. The maximum Gasteiger partial charge on any atom is 0.257 e. The summed E-state index contributed by atoms with van der Waals surface area (Å²) in [5.74, 6) is 0.596. The number of benzene rings is 1. The minimum Gasteiger partial charge on any atom is -0.496 e. The van der Waals surface area contributed by atoms with Crippen LogP contribution in [0, 0.1) is 6.92 Å². The quantitative estimate of drug-likeness (QED) is 0.812. The molecule has 0 bridgehead atoms. The lowest BCUT2D eigenvalue weighted by molar-refractivity contribution is -0.116. The number of hydrogen-bond donors (Lipinski definition) is 1. The molecule has 1 aromatic carbocycles. The fourth-order valence-electron chi connectivity index (χ4n) is 3.56. The van der Waals surface area contributed by atoms with Crippen molar-refractivity contribution in [3.8, 4) is 5.75 Å². The Morgan fingerprint density at radius 2 is 2.00 bits per heavy atom. The lowest BCUT2D eigenvalue weighted by atomic mass is 10.1. The first-order chi connectivity index (χ1) is 14.1. The monoisotopic (exact) mass is 396 g/mol. The van der Waals surface area contributed by atoms with E-state index >= 15 is 0 Å². The molecular formula is C22H28N4O3. The molecule has 0 radical (unpaired) electrons. The van der Waals surface area contributed by atoms with Crippen molar-refractivity contribution in [1.82, 2.24) is 14.8 Å². The summed E-state index contributed by atoms with van der Waals surface area (Å²) < 4.78 is 5.40. The molecule has 1 fully saturated rings. The third kappa shape index (κ3) is 5.54. The van der Waals surface area contributed by atoms with Crippen LogP contribution >= 0.6 is 0 Å². The fraction of sp³-hybridized carbons (Fsp3) is 0.409. The fourth-order valence-corrected chi connectivity index (χ4v) is 3.56. The number of ether oxygens (including phenoxy) is 1. The summed E-state index contributed by atoms with van der Waals surface area (Å²) >= 11 is 0. The van der Waals surface area contributed by atoms with Gasteiger partial charge in [0.2, 0.25) is 5.91 Å². The van der Waals surface area contributed by atoms with Crippen molar-refractivity contribution in [2.45, 2.75) is 19.8 Å². The lowest BCUT2D eigenvalue weighted by Crippen LogP contribution is -2.36. The van der Waals surface area contributed by atoms with Gasteiger partial charge >= 0.3 is 0 Å². The number of aryl methyl sites for hydroxylation is 1. The van der Waals surface area contributed by atoms with Gasteiger partial charge in [0.05, 0.1) is 24.6 Å². The number of carbonyl (C=O) groups excluding carboxylic acids is 2. The SMILES string of the molecule is COc1cccc(C)c1C(=O)N1CCCN(CCC(=O)Nc2cccnc2)CC1. The number of pyridine rings is 1. The van der Waals surface area contributed by atoms with Gasteiger partial charge in [0, 0.05) is 38.8 Å². The van der Waals surface area contributed by atoms with Gasteiger partial charge in [0.15, 0.2) is 0 Å². The zero-order valence-electron chi connectivity index (χ0n) is 17.1. The normalized spacial score (nSPS) is 14.9. The van der Waals surface area contributed by atoms with E-state index in [1.54, 1.807) is 25.6 Å². The molecule has 0 aliphatic carbocycles. The molecule has 2 aromatic rings. The second kappa shape index (κ2) is 10.0. The van der Waals surface area contributed by atoms with Crippen LogP contribution in [0.1, 0.15) is 28.8 Å². The van der Waals surface area contributed by atoms with Gasteiger partial charge < -0.3 is 19.9 Å². The van der Waals surface area contributed by atoms with E-state index in [1.807, 2.05) is 36.1 Å². The van der Waals surface area contributed by atoms with E-state index in [9.17, 15) is 9.59 Å². The molecule has 2 heterocycles. The number of nitrogens with one attached hydrogen (secondary N) is 1. The molecule has 7 heteroatoms. The number of aromatic nitrogens is 1. The highest BCUT2D eigenvalue weighted by atomic mass is 16.5. The summed E-state index contributed by atoms with van der Waals surface area (Å²) in [5, 5.41) is 2.86. The molecular weight excluding hydrogens is 368 g/mol. The Labute approximate surface area is 171 Å². The average molecular weight is 396 g/mol. The number of nitrogens with zero attached hydrogens (tertiary/aromatic N) is 3. The van der Waals surface area contributed by atoms with Gasteiger partial charge in [0.1, 0.15) is 5.75 Å². The van der Waals surface area contributed by atoms with Crippen LogP contribution in [0.15, 0.2) is 42.7 Å². The standard InChI is InChI=1S/C22H28N4O3/c1-17-6-3-8-19(29-2)21(17)22(28)26-12-5-11-25(14-15-26)13-9-20(27)24-18-7-4-10-23-16-18/h3-4,6-8,10,16H,5,9,11-15H2,1-2H3,(H,24,27). The minimum atomic E-state index is -0.0279. The molecule has 1 aromatic heterocycles. The maximum absolute atomic E-state index is 13.1. The van der Waals surface area contributed by atoms with Crippen molar-refractivity contribution in [1.29, 1.82) is 0 Å². The molecule has 1 aliphatic rings. The van der Waals surface area contributed by atoms with Gasteiger partial charge in [-0.15, -0.1) is 0 Å².